The van der Waals surface area contributed by atoms with Crippen LogP contribution in [0.1, 0.15) is 12.5 Å². The highest BCUT2D eigenvalue weighted by molar-refractivity contribution is 7.80. The lowest BCUT2D eigenvalue weighted by atomic mass is 10.2. The van der Waals surface area contributed by atoms with E-state index in [2.05, 4.69) is 10.6 Å². The van der Waals surface area contributed by atoms with Gasteiger partial charge in [-0.2, -0.15) is 0 Å². The molecule has 0 unspecified atom stereocenters. The van der Waals surface area contributed by atoms with Gasteiger partial charge in [-0.15, -0.1) is 0 Å². The Labute approximate surface area is 153 Å². The van der Waals surface area contributed by atoms with Crippen molar-refractivity contribution in [2.75, 3.05) is 19.0 Å². The van der Waals surface area contributed by atoms with Gasteiger partial charge in [0, 0.05) is 10.7 Å². The summed E-state index contributed by atoms with van der Waals surface area (Å²) in [7, 11) is 1.64. The van der Waals surface area contributed by atoms with E-state index < -0.39 is 0 Å². The van der Waals surface area contributed by atoms with Crippen molar-refractivity contribution < 1.29 is 9.47 Å². The van der Waals surface area contributed by atoms with Crippen molar-refractivity contribution in [2.45, 2.75) is 19.9 Å². The smallest absolute Gasteiger partial charge is 0.171 e. The fourth-order valence-corrected chi connectivity index (χ4v) is 2.50. The molecule has 0 aromatic heterocycles. The maximum absolute atomic E-state index is 6.11. The Hall–Kier alpha value is -1.98. The van der Waals surface area contributed by atoms with Crippen LogP contribution in [0, 0.1) is 6.92 Å². The van der Waals surface area contributed by atoms with E-state index in [1.165, 1.54) is 0 Å². The summed E-state index contributed by atoms with van der Waals surface area (Å²) in [5, 5.41) is 7.54. The molecule has 2 aromatic carbocycles. The number of ether oxygens (including phenoxy) is 2. The molecule has 0 radical (unpaired) electrons. The number of halogens is 1. The minimum absolute atomic E-state index is 0.0491. The van der Waals surface area contributed by atoms with Crippen molar-refractivity contribution in [1.29, 1.82) is 0 Å². The van der Waals surface area contributed by atoms with E-state index in [4.69, 9.17) is 33.3 Å². The maximum atomic E-state index is 6.11. The highest BCUT2D eigenvalue weighted by Crippen LogP contribution is 2.20. The lowest BCUT2D eigenvalue weighted by Gasteiger charge is -2.18. The molecule has 0 fully saturated rings. The molecule has 0 aliphatic carbocycles. The molecule has 2 aromatic rings. The summed E-state index contributed by atoms with van der Waals surface area (Å²) in [4.78, 5) is 0. The minimum atomic E-state index is 0.0491. The SMILES string of the molecule is COc1ccc(OC[C@@H](C)NC(=S)Nc2ccc(C)c(Cl)c2)cc1. The van der Waals surface area contributed by atoms with Crippen LogP contribution in [-0.4, -0.2) is 24.9 Å². The largest absolute Gasteiger partial charge is 0.497 e. The topological polar surface area (TPSA) is 42.5 Å². The van der Waals surface area contributed by atoms with Crippen LogP contribution in [-0.2, 0) is 0 Å². The maximum Gasteiger partial charge on any atom is 0.171 e. The first-order valence-electron chi connectivity index (χ1n) is 7.58. The van der Waals surface area contributed by atoms with Crippen LogP contribution in [0.2, 0.25) is 5.02 Å². The van der Waals surface area contributed by atoms with Crippen LogP contribution >= 0.6 is 23.8 Å². The van der Waals surface area contributed by atoms with E-state index in [9.17, 15) is 0 Å². The Morgan fingerprint density at radius 2 is 1.83 bits per heavy atom. The van der Waals surface area contributed by atoms with Gasteiger partial charge in [0.2, 0.25) is 0 Å². The van der Waals surface area contributed by atoms with Gasteiger partial charge in [0.05, 0.1) is 13.2 Å². The number of thiocarbonyl (C=S) groups is 1. The zero-order valence-corrected chi connectivity index (χ0v) is 15.5. The second-order valence-electron chi connectivity index (χ2n) is 5.45. The lowest BCUT2D eigenvalue weighted by molar-refractivity contribution is 0.286. The number of rotatable bonds is 6. The summed E-state index contributed by atoms with van der Waals surface area (Å²) >= 11 is 11.4. The first-order chi connectivity index (χ1) is 11.5. The highest BCUT2D eigenvalue weighted by atomic mass is 35.5. The number of hydrogen-bond donors (Lipinski definition) is 2. The summed E-state index contributed by atoms with van der Waals surface area (Å²) in [6.45, 7) is 4.45. The van der Waals surface area contributed by atoms with Crippen molar-refractivity contribution in [3.05, 3.63) is 53.1 Å². The molecule has 128 valence electrons. The summed E-state index contributed by atoms with van der Waals surface area (Å²) in [5.41, 5.74) is 1.88. The average molecular weight is 365 g/mol. The summed E-state index contributed by atoms with van der Waals surface area (Å²) < 4.78 is 10.8. The third-order valence-electron chi connectivity index (χ3n) is 3.37. The Balaban J connectivity index is 1.79. The molecule has 0 saturated carbocycles. The number of nitrogens with one attached hydrogen (secondary N) is 2. The average Bonchev–Trinajstić information content (AvgIpc) is 2.56. The molecule has 0 saturated heterocycles. The third kappa shape index (κ3) is 5.58. The van der Waals surface area contributed by atoms with E-state index >= 15 is 0 Å². The quantitative estimate of drug-likeness (QED) is 0.743. The normalized spacial score (nSPS) is 11.5. The molecule has 0 aliphatic heterocycles. The Morgan fingerprint density at radius 3 is 2.46 bits per heavy atom. The molecule has 0 spiro atoms. The number of hydrogen-bond acceptors (Lipinski definition) is 3. The zero-order valence-electron chi connectivity index (χ0n) is 13.9. The Bertz CT molecular complexity index is 692. The molecular formula is C18H21ClN2O2S. The molecule has 24 heavy (non-hydrogen) atoms. The molecule has 6 heteroatoms. The van der Waals surface area contributed by atoms with Gasteiger partial charge in [0.1, 0.15) is 18.1 Å². The number of benzene rings is 2. The van der Waals surface area contributed by atoms with E-state index in [0.717, 1.165) is 22.7 Å². The third-order valence-corrected chi connectivity index (χ3v) is 3.99. The van der Waals surface area contributed by atoms with Crippen molar-refractivity contribution in [3.8, 4) is 11.5 Å². The van der Waals surface area contributed by atoms with Crippen LogP contribution in [0.4, 0.5) is 5.69 Å². The number of methoxy groups -OCH3 is 1. The van der Waals surface area contributed by atoms with Crippen molar-refractivity contribution in [2.24, 2.45) is 0 Å². The molecule has 1 atom stereocenters. The minimum Gasteiger partial charge on any atom is -0.497 e. The van der Waals surface area contributed by atoms with Crippen molar-refractivity contribution in [1.82, 2.24) is 5.32 Å². The van der Waals surface area contributed by atoms with Gasteiger partial charge in [-0.25, -0.2) is 0 Å². The predicted octanol–water partition coefficient (Wildman–Crippen LogP) is 4.41. The van der Waals surface area contributed by atoms with E-state index in [1.54, 1.807) is 7.11 Å². The molecule has 0 amide bonds. The molecular weight excluding hydrogens is 344 g/mol. The standard InChI is InChI=1S/C18H21ClN2O2S/c1-12-4-5-14(10-17(12)19)21-18(24)20-13(2)11-23-16-8-6-15(22-3)7-9-16/h4-10,13H,11H2,1-3H3,(H2,20,21,24)/t13-/m1/s1. The molecule has 0 aliphatic rings. The fourth-order valence-electron chi connectivity index (χ4n) is 2.00. The summed E-state index contributed by atoms with van der Waals surface area (Å²) in [6, 6.07) is 13.3. The van der Waals surface area contributed by atoms with Gasteiger partial charge < -0.3 is 20.1 Å². The second-order valence-corrected chi connectivity index (χ2v) is 6.27. The van der Waals surface area contributed by atoms with Gasteiger partial charge in [0.25, 0.3) is 0 Å². The van der Waals surface area contributed by atoms with Gasteiger partial charge in [0.15, 0.2) is 5.11 Å². The number of aryl methyl sites for hydroxylation is 1. The van der Waals surface area contributed by atoms with Gasteiger partial charge in [-0.1, -0.05) is 17.7 Å². The van der Waals surface area contributed by atoms with Crippen LogP contribution in [0.3, 0.4) is 0 Å². The van der Waals surface area contributed by atoms with Crippen LogP contribution in [0.15, 0.2) is 42.5 Å². The molecule has 2 N–H and O–H groups in total. The Morgan fingerprint density at radius 1 is 1.17 bits per heavy atom. The van der Waals surface area contributed by atoms with E-state index in [1.807, 2.05) is 56.3 Å². The Kier molecular flexibility index (Phi) is 6.70. The molecule has 0 bridgehead atoms. The van der Waals surface area contributed by atoms with E-state index in [0.29, 0.717) is 16.7 Å². The fraction of sp³-hybridized carbons (Fsp3) is 0.278. The first kappa shape index (κ1) is 18.4. The van der Waals surface area contributed by atoms with Gasteiger partial charge in [-0.3, -0.25) is 0 Å². The second kappa shape index (κ2) is 8.76. The first-order valence-corrected chi connectivity index (χ1v) is 8.37. The summed E-state index contributed by atoms with van der Waals surface area (Å²) in [6.07, 6.45) is 0. The molecule has 0 heterocycles. The van der Waals surface area contributed by atoms with Gasteiger partial charge in [-0.05, 0) is 68.0 Å². The predicted molar refractivity (Wildman–Crippen MR) is 103 cm³/mol. The lowest BCUT2D eigenvalue weighted by Crippen LogP contribution is -2.39. The van der Waals surface area contributed by atoms with Crippen LogP contribution < -0.4 is 20.1 Å². The highest BCUT2D eigenvalue weighted by Gasteiger charge is 2.06. The molecule has 4 nitrogen and oxygen atoms in total. The molecule has 2 rings (SSSR count). The zero-order chi connectivity index (χ0) is 17.5. The monoisotopic (exact) mass is 364 g/mol. The van der Waals surface area contributed by atoms with Gasteiger partial charge >= 0.3 is 0 Å². The van der Waals surface area contributed by atoms with E-state index in [-0.39, 0.29) is 6.04 Å². The van der Waals surface area contributed by atoms with Crippen LogP contribution in [0.25, 0.3) is 0 Å². The van der Waals surface area contributed by atoms with Crippen molar-refractivity contribution >= 4 is 34.6 Å². The number of anilines is 1. The van der Waals surface area contributed by atoms with Crippen LogP contribution in [0.5, 0.6) is 11.5 Å². The van der Waals surface area contributed by atoms with Crippen molar-refractivity contribution in [3.63, 3.8) is 0 Å². The summed E-state index contributed by atoms with van der Waals surface area (Å²) in [5.74, 6) is 1.59.